The van der Waals surface area contributed by atoms with Gasteiger partial charge in [-0.1, -0.05) is 18.9 Å². The summed E-state index contributed by atoms with van der Waals surface area (Å²) in [6, 6.07) is 9.76. The van der Waals surface area contributed by atoms with E-state index >= 15 is 0 Å². The van der Waals surface area contributed by atoms with Crippen molar-refractivity contribution in [1.82, 2.24) is 40.9 Å². The molecule has 378 valence electrons. The molecule has 6 fully saturated rings. The van der Waals surface area contributed by atoms with Crippen LogP contribution < -0.4 is 32.3 Å². The molecule has 6 aliphatic heterocycles. The summed E-state index contributed by atoms with van der Waals surface area (Å²) < 4.78 is 40.2. The topological polar surface area (TPSA) is 253 Å². The highest BCUT2D eigenvalue weighted by atomic mass is 32.2. The number of carbonyl (C=O) groups excluding carboxylic acids is 7. The smallest absolute Gasteiger partial charge is 0.315 e. The van der Waals surface area contributed by atoms with Crippen LogP contribution in [0.3, 0.4) is 0 Å². The molecule has 0 aromatic heterocycles. The number of thioether (sulfide) groups is 2. The second-order valence-corrected chi connectivity index (χ2v) is 23.0. The fourth-order valence-corrected chi connectivity index (χ4v) is 14.3. The van der Waals surface area contributed by atoms with E-state index in [9.17, 15) is 46.4 Å². The van der Waals surface area contributed by atoms with E-state index < -0.39 is 39.1 Å². The molecule has 0 aliphatic carbocycles. The van der Waals surface area contributed by atoms with Crippen LogP contribution >= 0.6 is 23.5 Å². The van der Waals surface area contributed by atoms with Crippen molar-refractivity contribution in [2.24, 2.45) is 5.73 Å². The molecule has 0 radical (unpaired) electrons. The van der Waals surface area contributed by atoms with Crippen LogP contribution in [0.4, 0.5) is 19.7 Å². The number of anilines is 1. The highest BCUT2D eigenvalue weighted by Gasteiger charge is 2.44. The summed E-state index contributed by atoms with van der Waals surface area (Å²) in [5.41, 5.74) is 5.61. The number of benzene rings is 2. The number of rotatable bonds is 18. The van der Waals surface area contributed by atoms with E-state index in [1.807, 2.05) is 23.5 Å². The Morgan fingerprint density at radius 3 is 1.64 bits per heavy atom. The Bertz CT molecular complexity index is 2370. The minimum Gasteiger partial charge on any atom is -0.339 e. The molecule has 0 bridgehead atoms. The fourth-order valence-electron chi connectivity index (χ4n) is 9.96. The second kappa shape index (κ2) is 22.8. The maximum absolute atomic E-state index is 14.2. The number of nitrogens with one attached hydrogen (secondary N) is 5. The number of piperazine rings is 2. The van der Waals surface area contributed by atoms with Gasteiger partial charge in [0.1, 0.15) is 11.6 Å². The summed E-state index contributed by atoms with van der Waals surface area (Å²) in [5.74, 6) is -1.66. The van der Waals surface area contributed by atoms with Crippen LogP contribution in [0.25, 0.3) is 0 Å². The minimum absolute atomic E-state index is 0.00373. The van der Waals surface area contributed by atoms with E-state index in [-0.39, 0.29) is 108 Å². The molecule has 0 spiro atoms. The predicted molar refractivity (Wildman–Crippen MR) is 264 cm³/mol. The molecular formula is C47H61FN10O9S3. The van der Waals surface area contributed by atoms with E-state index in [1.54, 1.807) is 19.6 Å². The lowest BCUT2D eigenvalue weighted by atomic mass is 10.0. The van der Waals surface area contributed by atoms with Crippen LogP contribution in [0.15, 0.2) is 59.3 Å². The largest absolute Gasteiger partial charge is 0.339 e. The van der Waals surface area contributed by atoms with Crippen molar-refractivity contribution >= 4 is 80.6 Å². The van der Waals surface area contributed by atoms with Crippen LogP contribution in [-0.2, 0) is 19.4 Å². The number of urea groups is 2. The Kier molecular flexibility index (Phi) is 16.6. The minimum atomic E-state index is -4.17. The average molecular weight is 1030 g/mol. The zero-order valence-electron chi connectivity index (χ0n) is 38.9. The van der Waals surface area contributed by atoms with Crippen molar-refractivity contribution in [2.75, 3.05) is 81.5 Å². The molecule has 2 aromatic rings. The van der Waals surface area contributed by atoms with Gasteiger partial charge in [-0.25, -0.2) is 22.4 Å². The lowest BCUT2D eigenvalue weighted by molar-refractivity contribution is -0.133. The van der Waals surface area contributed by atoms with Gasteiger partial charge in [0.05, 0.1) is 29.1 Å². The molecule has 6 atom stereocenters. The summed E-state index contributed by atoms with van der Waals surface area (Å²) >= 11 is 3.68. The van der Waals surface area contributed by atoms with Gasteiger partial charge in [-0.3, -0.25) is 24.0 Å². The number of nitrogens with zero attached hydrogens (tertiary/aromatic N) is 4. The third-order valence-corrected chi connectivity index (χ3v) is 18.4. The maximum Gasteiger partial charge on any atom is 0.315 e. The molecule has 6 aliphatic rings. The Morgan fingerprint density at radius 1 is 0.671 bits per heavy atom. The number of nitrogens with two attached hydrogens (primary N) is 1. The van der Waals surface area contributed by atoms with Gasteiger partial charge in [0.25, 0.3) is 17.7 Å². The number of hydrogen-bond donors (Lipinski definition) is 6. The van der Waals surface area contributed by atoms with Gasteiger partial charge < -0.3 is 51.9 Å². The predicted octanol–water partition coefficient (Wildman–Crippen LogP) is 2.55. The normalized spacial score (nSPS) is 24.3. The molecule has 19 nitrogen and oxygen atoms in total. The number of halogens is 1. The van der Waals surface area contributed by atoms with E-state index in [4.69, 9.17) is 5.73 Å². The summed E-state index contributed by atoms with van der Waals surface area (Å²) in [6.07, 6.45) is 6.62. The molecule has 70 heavy (non-hydrogen) atoms. The monoisotopic (exact) mass is 1020 g/mol. The third kappa shape index (κ3) is 12.4. The quantitative estimate of drug-likeness (QED) is 0.0932. The highest BCUT2D eigenvalue weighted by Crippen LogP contribution is 2.34. The molecule has 0 unspecified atom stereocenters. The average Bonchev–Trinajstić information content (AvgIpc) is 4.12. The first-order valence-electron chi connectivity index (χ1n) is 24.0. The van der Waals surface area contributed by atoms with Gasteiger partial charge in [-0.15, -0.1) is 0 Å². The SMILES string of the molecule is NC/C=C(\F)CS(=O)(=O)c1cccc(C(=O)Nc2cc(C(=O)N3CCN(C(=O)CCCC[C@@H]4SC[C@@H]5NC(=O)N[C@@H]54)CC3)cc(C(=O)N3CCN(C(=O)CCCC[C@@H]4SC[C@@H]5NC(=O)N[C@@H]54)CC3)c2)c1. The second-order valence-electron chi connectivity index (χ2n) is 18.5. The first kappa shape index (κ1) is 51.0. The first-order valence-corrected chi connectivity index (χ1v) is 27.8. The zero-order chi connectivity index (χ0) is 49.5. The van der Waals surface area contributed by atoms with Crippen molar-refractivity contribution in [3.05, 3.63) is 71.1 Å². The molecule has 9 amide bonds. The van der Waals surface area contributed by atoms with Gasteiger partial charge in [0.15, 0.2) is 9.84 Å². The highest BCUT2D eigenvalue weighted by molar-refractivity contribution is 8.00. The Morgan fingerprint density at radius 2 is 1.16 bits per heavy atom. The number of unbranched alkanes of at least 4 members (excludes halogenated alkanes) is 2. The van der Waals surface area contributed by atoms with Gasteiger partial charge in [-0.2, -0.15) is 23.5 Å². The van der Waals surface area contributed by atoms with Crippen molar-refractivity contribution < 1.29 is 46.4 Å². The van der Waals surface area contributed by atoms with Crippen molar-refractivity contribution in [3.8, 4) is 0 Å². The summed E-state index contributed by atoms with van der Waals surface area (Å²) in [7, 11) is -4.17. The molecule has 8 rings (SSSR count). The van der Waals surface area contributed by atoms with Gasteiger partial charge in [0.2, 0.25) is 11.8 Å². The fraction of sp³-hybridized carbons (Fsp3) is 0.553. The Balaban J connectivity index is 0.883. The summed E-state index contributed by atoms with van der Waals surface area (Å²) in [5, 5.41) is 15.2. The third-order valence-electron chi connectivity index (χ3n) is 13.8. The number of fused-ring (bicyclic) bond motifs is 2. The van der Waals surface area contributed by atoms with Crippen LogP contribution in [-0.4, -0.2) is 180 Å². The summed E-state index contributed by atoms with van der Waals surface area (Å²) in [6.45, 7) is 2.06. The standard InChI is InChI=1S/C47H61FN10O9S3/c48-32(12-13-49)28-70(66,67)34-7-5-6-29(25-34)43(61)50-33-23-30(44(62)57-18-14-55(15-19-57)39(59)10-3-1-8-37-41-35(26-68-37)51-46(64)53-41)22-31(24-33)45(63)58-20-16-56(17-21-58)40(60)11-4-2-9-38-42-36(27-69-38)52-47(65)54-42/h5-7,12,22-25,35-38,41-42H,1-4,8-11,13-21,26-28,49H2,(H,50,61)(H2,51,53,64)(H2,52,54,65)/b32-12-/t35-,36-,37-,38-,41-,42-/m0/s1. The van der Waals surface area contributed by atoms with E-state index in [1.165, 1.54) is 36.4 Å². The Labute approximate surface area is 415 Å². The molecule has 6 saturated heterocycles. The van der Waals surface area contributed by atoms with Crippen molar-refractivity contribution in [2.45, 2.75) is 90.9 Å². The van der Waals surface area contributed by atoms with Crippen molar-refractivity contribution in [1.29, 1.82) is 0 Å². The molecular weight excluding hydrogens is 964 g/mol. The number of sulfone groups is 1. The maximum atomic E-state index is 14.2. The van der Waals surface area contributed by atoms with Crippen molar-refractivity contribution in [3.63, 3.8) is 0 Å². The Hall–Kier alpha value is -5.39. The van der Waals surface area contributed by atoms with Gasteiger partial charge in [0, 0.05) is 116 Å². The lowest BCUT2D eigenvalue weighted by Gasteiger charge is -2.35. The van der Waals surface area contributed by atoms with E-state index in [0.717, 1.165) is 49.3 Å². The van der Waals surface area contributed by atoms with E-state index in [2.05, 4.69) is 26.6 Å². The van der Waals surface area contributed by atoms with Gasteiger partial charge >= 0.3 is 12.1 Å². The molecule has 2 aromatic carbocycles. The first-order chi connectivity index (χ1) is 33.6. The van der Waals surface area contributed by atoms with E-state index in [0.29, 0.717) is 62.4 Å². The molecule has 7 N–H and O–H groups in total. The number of hydrogen-bond acceptors (Lipinski definition) is 12. The van der Waals surface area contributed by atoms with Gasteiger partial charge in [-0.05, 0) is 68.2 Å². The van der Waals surface area contributed by atoms with Crippen LogP contribution in [0.2, 0.25) is 0 Å². The summed E-state index contributed by atoms with van der Waals surface area (Å²) in [4.78, 5) is 98.4. The molecule has 6 heterocycles. The van der Waals surface area contributed by atoms with Crippen LogP contribution in [0.5, 0.6) is 0 Å². The number of carbonyl (C=O) groups is 7. The zero-order valence-corrected chi connectivity index (χ0v) is 41.3. The van der Waals surface area contributed by atoms with Crippen LogP contribution in [0, 0.1) is 0 Å². The molecule has 23 heteroatoms. The lowest BCUT2D eigenvalue weighted by Crippen LogP contribution is -2.51. The number of amides is 9. The van der Waals surface area contributed by atoms with Crippen LogP contribution in [0.1, 0.15) is 82.4 Å². The molecule has 0 saturated carbocycles.